The first-order valence-corrected chi connectivity index (χ1v) is 10.9. The summed E-state index contributed by atoms with van der Waals surface area (Å²) in [5.74, 6) is 0.722. The molecule has 4 rings (SSSR count). The molecule has 0 fully saturated rings. The Morgan fingerprint density at radius 1 is 1.21 bits per heavy atom. The molecule has 0 aliphatic heterocycles. The van der Waals surface area contributed by atoms with Gasteiger partial charge in [0.05, 0.1) is 44.2 Å². The van der Waals surface area contributed by atoms with Crippen molar-refractivity contribution in [2.45, 2.75) is 4.90 Å². The minimum absolute atomic E-state index is 0.297. The SMILES string of the molecule is COc1cc(S(C)(=N)=O)ccc1Nc1ncc(Cl)c(-c2n[nH]c3ccccc23)n1. The van der Waals surface area contributed by atoms with E-state index in [4.69, 9.17) is 21.1 Å². The number of hydrogen-bond donors (Lipinski definition) is 3. The fourth-order valence-electron chi connectivity index (χ4n) is 2.87. The van der Waals surface area contributed by atoms with Crippen LogP contribution in [0.1, 0.15) is 0 Å². The van der Waals surface area contributed by atoms with Gasteiger partial charge in [0, 0.05) is 11.6 Å². The fraction of sp³-hybridized carbons (Fsp3) is 0.105. The van der Waals surface area contributed by atoms with Gasteiger partial charge in [-0.15, -0.1) is 0 Å². The number of anilines is 2. The number of rotatable bonds is 5. The summed E-state index contributed by atoms with van der Waals surface area (Å²) in [4.78, 5) is 9.13. The summed E-state index contributed by atoms with van der Waals surface area (Å²) in [6.45, 7) is 0. The highest BCUT2D eigenvalue weighted by Gasteiger charge is 2.16. The van der Waals surface area contributed by atoms with Crippen molar-refractivity contribution in [3.8, 4) is 17.1 Å². The smallest absolute Gasteiger partial charge is 0.227 e. The molecule has 1 unspecified atom stereocenters. The number of methoxy groups -OCH3 is 1. The molecule has 0 amide bonds. The highest BCUT2D eigenvalue weighted by atomic mass is 35.5. The third-order valence-electron chi connectivity index (χ3n) is 4.31. The van der Waals surface area contributed by atoms with Crippen molar-refractivity contribution in [3.63, 3.8) is 0 Å². The van der Waals surface area contributed by atoms with Crippen molar-refractivity contribution in [1.29, 1.82) is 4.78 Å². The van der Waals surface area contributed by atoms with Crippen LogP contribution < -0.4 is 10.1 Å². The molecule has 2 heterocycles. The lowest BCUT2D eigenvalue weighted by atomic mass is 10.1. The van der Waals surface area contributed by atoms with Gasteiger partial charge < -0.3 is 10.1 Å². The predicted octanol–water partition coefficient (Wildman–Crippen LogP) is 4.46. The Bertz CT molecular complexity index is 1320. The minimum atomic E-state index is -2.86. The van der Waals surface area contributed by atoms with Gasteiger partial charge >= 0.3 is 0 Å². The molecule has 0 saturated heterocycles. The van der Waals surface area contributed by atoms with Gasteiger partial charge in [-0.25, -0.2) is 19.0 Å². The molecular formula is C19H17ClN6O2S. The summed E-state index contributed by atoms with van der Waals surface area (Å²) in [7, 11) is -1.36. The fourth-order valence-corrected chi connectivity index (χ4v) is 3.72. The molecule has 0 radical (unpaired) electrons. The number of nitrogens with one attached hydrogen (secondary N) is 3. The summed E-state index contributed by atoms with van der Waals surface area (Å²) >= 11 is 6.34. The zero-order chi connectivity index (χ0) is 20.6. The lowest BCUT2D eigenvalue weighted by Gasteiger charge is -2.12. The van der Waals surface area contributed by atoms with Crippen LogP contribution >= 0.6 is 11.6 Å². The first-order valence-electron chi connectivity index (χ1n) is 8.51. The zero-order valence-corrected chi connectivity index (χ0v) is 17.1. The zero-order valence-electron chi connectivity index (χ0n) is 15.6. The van der Waals surface area contributed by atoms with Crippen LogP contribution in [0, 0.1) is 4.78 Å². The maximum Gasteiger partial charge on any atom is 0.227 e. The quantitative estimate of drug-likeness (QED) is 0.432. The van der Waals surface area contributed by atoms with Gasteiger partial charge in [-0.2, -0.15) is 5.10 Å². The molecule has 29 heavy (non-hydrogen) atoms. The second-order valence-corrected chi connectivity index (χ2v) is 8.90. The Kier molecular flexibility index (Phi) is 4.85. The molecule has 8 nitrogen and oxygen atoms in total. The minimum Gasteiger partial charge on any atom is -0.495 e. The molecule has 10 heteroatoms. The third kappa shape index (κ3) is 3.74. The lowest BCUT2D eigenvalue weighted by molar-refractivity contribution is 0.415. The lowest BCUT2D eigenvalue weighted by Crippen LogP contribution is -2.02. The molecule has 0 aliphatic rings. The molecule has 3 N–H and O–H groups in total. The van der Waals surface area contributed by atoms with Crippen LogP contribution in [0.15, 0.2) is 53.6 Å². The van der Waals surface area contributed by atoms with E-state index in [-0.39, 0.29) is 0 Å². The van der Waals surface area contributed by atoms with E-state index in [1.165, 1.54) is 19.6 Å². The molecule has 2 aromatic heterocycles. The topological polar surface area (TPSA) is 117 Å². The number of ether oxygens (including phenoxy) is 1. The van der Waals surface area contributed by atoms with Crippen molar-refractivity contribution >= 4 is 43.9 Å². The largest absolute Gasteiger partial charge is 0.495 e. The average Bonchev–Trinajstić information content (AvgIpc) is 3.13. The molecule has 0 bridgehead atoms. The molecule has 4 aromatic rings. The van der Waals surface area contributed by atoms with E-state index in [0.717, 1.165) is 10.9 Å². The molecular weight excluding hydrogens is 412 g/mol. The van der Waals surface area contributed by atoms with Gasteiger partial charge in [-0.05, 0) is 24.3 Å². The van der Waals surface area contributed by atoms with E-state index in [1.807, 2.05) is 24.3 Å². The molecule has 0 saturated carbocycles. The maximum atomic E-state index is 12.0. The summed E-state index contributed by atoms with van der Waals surface area (Å²) in [5.41, 5.74) is 2.56. The van der Waals surface area contributed by atoms with E-state index in [0.29, 0.717) is 38.7 Å². The van der Waals surface area contributed by atoms with Crippen LogP contribution in [-0.2, 0) is 9.73 Å². The van der Waals surface area contributed by atoms with Gasteiger partial charge in [0.25, 0.3) is 0 Å². The number of halogens is 1. The Morgan fingerprint density at radius 2 is 2.00 bits per heavy atom. The molecule has 0 spiro atoms. The second-order valence-electron chi connectivity index (χ2n) is 6.34. The van der Waals surface area contributed by atoms with E-state index < -0.39 is 9.73 Å². The number of benzene rings is 2. The number of H-pyrrole nitrogens is 1. The Hall–Kier alpha value is -3.17. The third-order valence-corrected chi connectivity index (χ3v) is 5.74. The van der Waals surface area contributed by atoms with E-state index in [9.17, 15) is 4.21 Å². The molecule has 148 valence electrons. The summed E-state index contributed by atoms with van der Waals surface area (Å²) in [5, 5.41) is 11.7. The normalized spacial score (nSPS) is 13.2. The number of hydrogen-bond acceptors (Lipinski definition) is 7. The van der Waals surface area contributed by atoms with Crippen LogP contribution in [0.2, 0.25) is 5.02 Å². The van der Waals surface area contributed by atoms with Crippen molar-refractivity contribution in [1.82, 2.24) is 20.2 Å². The van der Waals surface area contributed by atoms with Gasteiger partial charge in [0.15, 0.2) is 0 Å². The van der Waals surface area contributed by atoms with E-state index in [1.54, 1.807) is 18.2 Å². The standard InChI is InChI=1S/C19H17ClN6O2S/c1-28-16-9-11(29(2,21)27)7-8-15(16)23-19-22-10-13(20)18(24-19)17-12-5-3-4-6-14(12)25-26-17/h3-10,21H,1-2H3,(H,25,26)(H,22,23,24). The van der Waals surface area contributed by atoms with Crippen LogP contribution in [0.3, 0.4) is 0 Å². The number of aromatic nitrogens is 4. The molecule has 1 atom stereocenters. The van der Waals surface area contributed by atoms with Crippen LogP contribution in [0.25, 0.3) is 22.3 Å². The van der Waals surface area contributed by atoms with Gasteiger partial charge in [0.2, 0.25) is 5.95 Å². The van der Waals surface area contributed by atoms with E-state index in [2.05, 4.69) is 25.5 Å². The number of nitrogens with zero attached hydrogens (tertiary/aromatic N) is 3. The van der Waals surface area contributed by atoms with E-state index >= 15 is 0 Å². The number of fused-ring (bicyclic) bond motifs is 1. The van der Waals surface area contributed by atoms with Crippen molar-refractivity contribution < 1.29 is 8.95 Å². The summed E-state index contributed by atoms with van der Waals surface area (Å²) in [6, 6.07) is 12.5. The average molecular weight is 429 g/mol. The second kappa shape index (κ2) is 7.34. The van der Waals surface area contributed by atoms with Crippen molar-refractivity contribution in [2.24, 2.45) is 0 Å². The van der Waals surface area contributed by atoms with Gasteiger partial charge in [0.1, 0.15) is 17.1 Å². The summed E-state index contributed by atoms with van der Waals surface area (Å²) in [6.07, 6.45) is 2.86. The van der Waals surface area contributed by atoms with Crippen molar-refractivity contribution in [3.05, 3.63) is 53.7 Å². The van der Waals surface area contributed by atoms with Crippen LogP contribution in [0.4, 0.5) is 11.6 Å². The monoisotopic (exact) mass is 428 g/mol. The Labute approximate surface area is 172 Å². The molecule has 0 aliphatic carbocycles. The molecule has 2 aromatic carbocycles. The first-order chi connectivity index (χ1) is 13.9. The van der Waals surface area contributed by atoms with Crippen molar-refractivity contribution in [2.75, 3.05) is 18.7 Å². The van der Waals surface area contributed by atoms with Crippen LogP contribution in [-0.4, -0.2) is 37.7 Å². The Morgan fingerprint density at radius 3 is 2.76 bits per heavy atom. The number of aromatic amines is 1. The highest BCUT2D eigenvalue weighted by Crippen LogP contribution is 2.33. The maximum absolute atomic E-state index is 12.0. The summed E-state index contributed by atoms with van der Waals surface area (Å²) < 4.78 is 25.1. The van der Waals surface area contributed by atoms with Gasteiger partial charge in [-0.1, -0.05) is 29.8 Å². The van der Waals surface area contributed by atoms with Crippen LogP contribution in [0.5, 0.6) is 5.75 Å². The highest BCUT2D eigenvalue weighted by molar-refractivity contribution is 7.91. The predicted molar refractivity (Wildman–Crippen MR) is 113 cm³/mol. The van der Waals surface area contributed by atoms with Gasteiger partial charge in [-0.3, -0.25) is 5.10 Å². The first kappa shape index (κ1) is 19.2. The number of para-hydroxylation sites is 1. The Balaban J connectivity index is 1.74.